The number of allylic oxidation sites excluding steroid dienone is 3. The number of amides is 1. The highest BCUT2D eigenvalue weighted by molar-refractivity contribution is 14.1. The minimum atomic E-state index is -0.719. The van der Waals surface area contributed by atoms with Crippen molar-refractivity contribution in [2.24, 2.45) is 0 Å². The van der Waals surface area contributed by atoms with Gasteiger partial charge in [0.2, 0.25) is 11.2 Å². The molecule has 0 aromatic carbocycles. The predicted molar refractivity (Wildman–Crippen MR) is 106 cm³/mol. The van der Waals surface area contributed by atoms with Gasteiger partial charge in [-0.05, 0) is 29.7 Å². The number of nitrogens with zero attached hydrogens (tertiary/aromatic N) is 5. The predicted octanol–water partition coefficient (Wildman–Crippen LogP) is 3.39. The molecule has 0 saturated carbocycles. The summed E-state index contributed by atoms with van der Waals surface area (Å²) in [6.45, 7) is 6.45. The van der Waals surface area contributed by atoms with Gasteiger partial charge in [-0.15, -0.1) is 0 Å². The molecule has 26 heavy (non-hydrogen) atoms. The van der Waals surface area contributed by atoms with E-state index >= 15 is 0 Å². The summed E-state index contributed by atoms with van der Waals surface area (Å²) < 4.78 is 3.51. The molecule has 1 saturated heterocycles. The average molecular weight is 481 g/mol. The van der Waals surface area contributed by atoms with Gasteiger partial charge >= 0.3 is 0 Å². The van der Waals surface area contributed by atoms with Crippen molar-refractivity contribution in [2.75, 3.05) is 0 Å². The highest BCUT2D eigenvalue weighted by atomic mass is 127. The summed E-state index contributed by atoms with van der Waals surface area (Å²) in [4.78, 5) is 21.2. The molecule has 1 fully saturated rings. The summed E-state index contributed by atoms with van der Waals surface area (Å²) in [5.41, 5.74) is 2.38. The van der Waals surface area contributed by atoms with Crippen LogP contribution in [0, 0.1) is 11.3 Å². The van der Waals surface area contributed by atoms with Crippen LogP contribution in [0.15, 0.2) is 39.8 Å². The number of fused-ring (bicyclic) bond motifs is 1. The minimum absolute atomic E-state index is 0.0208. The average Bonchev–Trinajstić information content (AvgIpc) is 3.14. The number of aryl methyl sites for hydroxylation is 1. The number of aromatic nitrogens is 4. The lowest BCUT2D eigenvalue weighted by Gasteiger charge is -2.10. The van der Waals surface area contributed by atoms with Gasteiger partial charge in [0, 0.05) is 22.4 Å². The zero-order valence-corrected chi connectivity index (χ0v) is 16.7. The van der Waals surface area contributed by atoms with E-state index in [0.29, 0.717) is 28.0 Å². The standard InChI is InChI=1S/C17H14ClIN6O/c1-3-4-25-8-11-14(22-17(18)23-15(11)24-25)13-10(5-9(2)7-20)12(6-19)21-16(13)26/h5-6,8,13H,2-4H2,1H3,(H,21,26)/b10-5+,12-6+. The van der Waals surface area contributed by atoms with Gasteiger partial charge in [-0.1, -0.05) is 36.1 Å². The monoisotopic (exact) mass is 480 g/mol. The van der Waals surface area contributed by atoms with Gasteiger partial charge in [0.1, 0.15) is 5.92 Å². The maximum atomic E-state index is 12.7. The Morgan fingerprint density at radius 3 is 3.00 bits per heavy atom. The van der Waals surface area contributed by atoms with Crippen molar-refractivity contribution in [3.05, 3.63) is 50.8 Å². The molecule has 1 aliphatic rings. The molecule has 1 unspecified atom stereocenters. The first-order valence-corrected chi connectivity index (χ1v) is 9.43. The van der Waals surface area contributed by atoms with Crippen LogP contribution in [0.3, 0.4) is 0 Å². The number of carbonyl (C=O) groups excluding carboxylic acids is 1. The molecule has 0 radical (unpaired) electrons. The van der Waals surface area contributed by atoms with Crippen LogP contribution in [0.2, 0.25) is 5.28 Å². The minimum Gasteiger partial charge on any atom is -0.325 e. The van der Waals surface area contributed by atoms with Crippen LogP contribution in [-0.4, -0.2) is 25.7 Å². The lowest BCUT2D eigenvalue weighted by molar-refractivity contribution is -0.119. The van der Waals surface area contributed by atoms with Crippen LogP contribution >= 0.6 is 34.2 Å². The van der Waals surface area contributed by atoms with Crippen molar-refractivity contribution < 1.29 is 4.79 Å². The lowest BCUT2D eigenvalue weighted by atomic mass is 9.93. The Bertz CT molecular complexity index is 1020. The Labute approximate surface area is 168 Å². The smallest absolute Gasteiger partial charge is 0.238 e. The highest BCUT2D eigenvalue weighted by Crippen LogP contribution is 2.38. The fraction of sp³-hybridized carbons (Fsp3) is 0.235. The molecule has 0 spiro atoms. The topological polar surface area (TPSA) is 96.5 Å². The molecule has 1 N–H and O–H groups in total. The Balaban J connectivity index is 2.23. The van der Waals surface area contributed by atoms with Crippen molar-refractivity contribution in [1.29, 1.82) is 5.26 Å². The fourth-order valence-corrected chi connectivity index (χ4v) is 3.51. The molecule has 3 heterocycles. The third-order valence-corrected chi connectivity index (χ3v) is 4.67. The lowest BCUT2D eigenvalue weighted by Crippen LogP contribution is -2.18. The van der Waals surface area contributed by atoms with Crippen molar-refractivity contribution in [3.63, 3.8) is 0 Å². The molecular formula is C17H14ClIN6O. The zero-order chi connectivity index (χ0) is 18.8. The Morgan fingerprint density at radius 2 is 2.35 bits per heavy atom. The third kappa shape index (κ3) is 3.37. The number of halogens is 2. The van der Waals surface area contributed by atoms with E-state index in [-0.39, 0.29) is 16.8 Å². The summed E-state index contributed by atoms with van der Waals surface area (Å²) in [7, 11) is 0. The van der Waals surface area contributed by atoms with Crippen molar-refractivity contribution >= 4 is 51.1 Å². The van der Waals surface area contributed by atoms with E-state index < -0.39 is 5.92 Å². The third-order valence-electron chi connectivity index (χ3n) is 3.88. The molecule has 132 valence electrons. The first-order chi connectivity index (χ1) is 12.5. The fourth-order valence-electron chi connectivity index (χ4n) is 2.83. The van der Waals surface area contributed by atoms with Gasteiger partial charge in [0.05, 0.1) is 22.8 Å². The first kappa shape index (κ1) is 18.5. The van der Waals surface area contributed by atoms with E-state index in [9.17, 15) is 4.79 Å². The summed E-state index contributed by atoms with van der Waals surface area (Å²) >= 11 is 8.12. The van der Waals surface area contributed by atoms with Crippen LogP contribution in [0.4, 0.5) is 0 Å². The molecule has 1 atom stereocenters. The Hall–Kier alpha value is -2.25. The molecule has 2 aromatic heterocycles. The molecule has 3 rings (SSSR count). The summed E-state index contributed by atoms with van der Waals surface area (Å²) in [5.74, 6) is -0.965. The number of hydrogen-bond donors (Lipinski definition) is 1. The molecule has 0 bridgehead atoms. The van der Waals surface area contributed by atoms with Crippen LogP contribution in [0.5, 0.6) is 0 Å². The molecule has 9 heteroatoms. The molecule has 2 aromatic rings. The number of carbonyl (C=O) groups is 1. The van der Waals surface area contributed by atoms with Crippen LogP contribution < -0.4 is 5.32 Å². The van der Waals surface area contributed by atoms with Gasteiger partial charge < -0.3 is 5.32 Å². The van der Waals surface area contributed by atoms with Crippen molar-refractivity contribution in [3.8, 4) is 6.07 Å². The quantitative estimate of drug-likeness (QED) is 0.411. The number of rotatable bonds is 4. The summed E-state index contributed by atoms with van der Waals surface area (Å²) in [6.07, 6.45) is 4.31. The Kier molecular flexibility index (Phi) is 5.38. The number of nitriles is 1. The largest absolute Gasteiger partial charge is 0.325 e. The van der Waals surface area contributed by atoms with E-state index in [1.54, 1.807) is 14.8 Å². The SMILES string of the molecule is C=C(C#N)/C=C1\C(=C/I)NC(=O)C1c1nc(Cl)nc2nn(CCC)cc12. The van der Waals surface area contributed by atoms with Gasteiger partial charge in [0.15, 0.2) is 5.65 Å². The van der Waals surface area contributed by atoms with Crippen LogP contribution in [-0.2, 0) is 11.3 Å². The highest BCUT2D eigenvalue weighted by Gasteiger charge is 2.37. The maximum absolute atomic E-state index is 12.7. The molecule has 0 aliphatic carbocycles. The number of nitrogens with one attached hydrogen (secondary N) is 1. The van der Waals surface area contributed by atoms with Gasteiger partial charge in [-0.3, -0.25) is 9.48 Å². The van der Waals surface area contributed by atoms with E-state index in [4.69, 9.17) is 16.9 Å². The molecule has 1 amide bonds. The maximum Gasteiger partial charge on any atom is 0.238 e. The van der Waals surface area contributed by atoms with E-state index in [0.717, 1.165) is 13.0 Å². The van der Waals surface area contributed by atoms with Crippen LogP contribution in [0.25, 0.3) is 11.0 Å². The first-order valence-electron chi connectivity index (χ1n) is 7.81. The molecule has 7 nitrogen and oxygen atoms in total. The van der Waals surface area contributed by atoms with Crippen molar-refractivity contribution in [2.45, 2.75) is 25.8 Å². The molecular weight excluding hydrogens is 467 g/mol. The second kappa shape index (κ2) is 7.55. The van der Waals surface area contributed by atoms with Crippen molar-refractivity contribution in [1.82, 2.24) is 25.1 Å². The van der Waals surface area contributed by atoms with Gasteiger partial charge in [0.25, 0.3) is 0 Å². The van der Waals surface area contributed by atoms with Crippen LogP contribution in [0.1, 0.15) is 25.0 Å². The van der Waals surface area contributed by atoms with E-state index in [1.165, 1.54) is 0 Å². The van der Waals surface area contributed by atoms with E-state index in [1.807, 2.05) is 41.8 Å². The van der Waals surface area contributed by atoms with Gasteiger partial charge in [-0.2, -0.15) is 15.3 Å². The van der Waals surface area contributed by atoms with Gasteiger partial charge in [-0.25, -0.2) is 4.98 Å². The van der Waals surface area contributed by atoms with E-state index in [2.05, 4.69) is 27.0 Å². The summed E-state index contributed by atoms with van der Waals surface area (Å²) in [5, 5.41) is 17.0. The second-order valence-electron chi connectivity index (χ2n) is 5.69. The molecule has 1 aliphatic heterocycles. The zero-order valence-electron chi connectivity index (χ0n) is 13.8. The Morgan fingerprint density at radius 1 is 1.58 bits per heavy atom. The summed E-state index contributed by atoms with van der Waals surface area (Å²) in [6, 6.07) is 1.98. The number of hydrogen-bond acceptors (Lipinski definition) is 5. The normalized spacial score (nSPS) is 19.9. The second-order valence-corrected chi connectivity index (χ2v) is 6.65.